The Morgan fingerprint density at radius 3 is 2.90 bits per heavy atom. The topological polar surface area (TPSA) is 49.8 Å². The fourth-order valence-corrected chi connectivity index (χ4v) is 2.88. The van der Waals surface area contributed by atoms with Gasteiger partial charge in [-0.05, 0) is 31.2 Å². The van der Waals surface area contributed by atoms with Crippen LogP contribution >= 0.6 is 0 Å². The summed E-state index contributed by atoms with van der Waals surface area (Å²) in [7, 11) is 1.88. The summed E-state index contributed by atoms with van der Waals surface area (Å²) >= 11 is 0. The molecule has 4 nitrogen and oxygen atoms in total. The van der Waals surface area contributed by atoms with E-state index in [2.05, 4.69) is 0 Å². The van der Waals surface area contributed by atoms with Crippen LogP contribution in [0.2, 0.25) is 0 Å². The van der Waals surface area contributed by atoms with Gasteiger partial charge >= 0.3 is 5.97 Å². The van der Waals surface area contributed by atoms with E-state index >= 15 is 0 Å². The predicted octanol–water partition coefficient (Wildman–Crippen LogP) is 2.31. The standard InChI is InChI=1S/C15H20FNO3/c1-3-13(10-5-4-6-11(16)7-10)17(2)14-9-20-8-12(14)15(18)19/h4-7,12-14H,3,8-9H2,1-2H3,(H,18,19). The number of likely N-dealkylation sites (N-methyl/N-ethyl adjacent to an activating group) is 1. The van der Waals surface area contributed by atoms with Gasteiger partial charge in [0.15, 0.2) is 0 Å². The molecule has 1 saturated heterocycles. The molecule has 0 saturated carbocycles. The zero-order valence-electron chi connectivity index (χ0n) is 11.8. The Morgan fingerprint density at radius 2 is 2.30 bits per heavy atom. The minimum Gasteiger partial charge on any atom is -0.481 e. The van der Waals surface area contributed by atoms with Gasteiger partial charge in [-0.15, -0.1) is 0 Å². The normalized spacial score (nSPS) is 24.0. The molecule has 0 radical (unpaired) electrons. The monoisotopic (exact) mass is 281 g/mol. The van der Waals surface area contributed by atoms with Gasteiger partial charge in [-0.25, -0.2) is 4.39 Å². The molecule has 1 aliphatic heterocycles. The first-order valence-corrected chi connectivity index (χ1v) is 6.82. The van der Waals surface area contributed by atoms with Crippen LogP contribution in [0.3, 0.4) is 0 Å². The van der Waals surface area contributed by atoms with Crippen molar-refractivity contribution in [3.8, 4) is 0 Å². The van der Waals surface area contributed by atoms with Crippen LogP contribution in [0.25, 0.3) is 0 Å². The zero-order chi connectivity index (χ0) is 14.7. The van der Waals surface area contributed by atoms with E-state index in [0.717, 1.165) is 12.0 Å². The highest BCUT2D eigenvalue weighted by atomic mass is 19.1. The third-order valence-electron chi connectivity index (χ3n) is 4.00. The second-order valence-electron chi connectivity index (χ2n) is 5.19. The maximum atomic E-state index is 13.4. The second kappa shape index (κ2) is 6.33. The van der Waals surface area contributed by atoms with E-state index in [-0.39, 0.29) is 24.5 Å². The Bertz CT molecular complexity index is 480. The Balaban J connectivity index is 2.20. The largest absolute Gasteiger partial charge is 0.481 e. The number of benzene rings is 1. The first-order valence-electron chi connectivity index (χ1n) is 6.82. The van der Waals surface area contributed by atoms with Crippen LogP contribution < -0.4 is 0 Å². The number of hydrogen-bond donors (Lipinski definition) is 1. The summed E-state index contributed by atoms with van der Waals surface area (Å²) in [5.41, 5.74) is 0.867. The third-order valence-corrected chi connectivity index (χ3v) is 4.00. The second-order valence-corrected chi connectivity index (χ2v) is 5.19. The van der Waals surface area contributed by atoms with Crippen molar-refractivity contribution in [2.75, 3.05) is 20.3 Å². The van der Waals surface area contributed by atoms with Crippen LogP contribution in [0.4, 0.5) is 4.39 Å². The van der Waals surface area contributed by atoms with Crippen molar-refractivity contribution in [3.05, 3.63) is 35.6 Å². The molecular formula is C15H20FNO3. The van der Waals surface area contributed by atoms with Crippen molar-refractivity contribution in [2.45, 2.75) is 25.4 Å². The number of carboxylic acid groups (broad SMARTS) is 1. The molecule has 110 valence electrons. The van der Waals surface area contributed by atoms with Crippen molar-refractivity contribution in [1.29, 1.82) is 0 Å². The lowest BCUT2D eigenvalue weighted by Crippen LogP contribution is -2.42. The summed E-state index contributed by atoms with van der Waals surface area (Å²) in [5, 5.41) is 9.24. The smallest absolute Gasteiger partial charge is 0.310 e. The first kappa shape index (κ1) is 14.9. The van der Waals surface area contributed by atoms with Crippen molar-refractivity contribution < 1.29 is 19.0 Å². The maximum absolute atomic E-state index is 13.4. The summed E-state index contributed by atoms with van der Waals surface area (Å²) in [4.78, 5) is 13.3. The van der Waals surface area contributed by atoms with Gasteiger partial charge in [-0.3, -0.25) is 9.69 Å². The maximum Gasteiger partial charge on any atom is 0.310 e. The van der Waals surface area contributed by atoms with E-state index in [4.69, 9.17) is 4.74 Å². The molecular weight excluding hydrogens is 261 g/mol. The van der Waals surface area contributed by atoms with Crippen molar-refractivity contribution in [1.82, 2.24) is 4.90 Å². The number of halogens is 1. The Hall–Kier alpha value is -1.46. The van der Waals surface area contributed by atoms with Crippen LogP contribution in [-0.2, 0) is 9.53 Å². The van der Waals surface area contributed by atoms with E-state index in [9.17, 15) is 14.3 Å². The summed E-state index contributed by atoms with van der Waals surface area (Å²) in [6.45, 7) is 2.65. The summed E-state index contributed by atoms with van der Waals surface area (Å²) in [6, 6.07) is 6.28. The fraction of sp³-hybridized carbons (Fsp3) is 0.533. The molecule has 0 aliphatic carbocycles. The fourth-order valence-electron chi connectivity index (χ4n) is 2.88. The van der Waals surface area contributed by atoms with Crippen LogP contribution in [0.15, 0.2) is 24.3 Å². The molecule has 0 aromatic heterocycles. The highest BCUT2D eigenvalue weighted by Crippen LogP contribution is 2.30. The highest BCUT2D eigenvalue weighted by molar-refractivity contribution is 5.71. The predicted molar refractivity (Wildman–Crippen MR) is 72.9 cm³/mol. The molecule has 1 fully saturated rings. The van der Waals surface area contributed by atoms with E-state index in [1.165, 1.54) is 12.1 Å². The Kier molecular flexibility index (Phi) is 4.73. The van der Waals surface area contributed by atoms with Gasteiger partial charge in [0.1, 0.15) is 5.82 Å². The lowest BCUT2D eigenvalue weighted by molar-refractivity contribution is -0.143. The molecule has 1 heterocycles. The van der Waals surface area contributed by atoms with Gasteiger partial charge in [-0.2, -0.15) is 0 Å². The van der Waals surface area contributed by atoms with E-state index in [0.29, 0.717) is 6.61 Å². The number of carbonyl (C=O) groups is 1. The van der Waals surface area contributed by atoms with Crippen LogP contribution in [0.1, 0.15) is 24.9 Å². The Labute approximate surface area is 118 Å². The molecule has 1 aromatic rings. The van der Waals surface area contributed by atoms with Crippen LogP contribution in [0, 0.1) is 11.7 Å². The number of nitrogens with zero attached hydrogens (tertiary/aromatic N) is 1. The Morgan fingerprint density at radius 1 is 1.55 bits per heavy atom. The summed E-state index contributed by atoms with van der Waals surface area (Å²) in [6.07, 6.45) is 0.781. The van der Waals surface area contributed by atoms with Gasteiger partial charge in [0.25, 0.3) is 0 Å². The minimum absolute atomic E-state index is 0.0146. The molecule has 1 aliphatic rings. The molecule has 0 amide bonds. The van der Waals surface area contributed by atoms with Gasteiger partial charge in [0.05, 0.1) is 19.1 Å². The molecule has 3 unspecified atom stereocenters. The molecule has 2 rings (SSSR count). The highest BCUT2D eigenvalue weighted by Gasteiger charge is 2.38. The SMILES string of the molecule is CCC(c1cccc(F)c1)N(C)C1COCC1C(=O)O. The molecule has 1 N–H and O–H groups in total. The molecule has 0 bridgehead atoms. The number of ether oxygens (including phenoxy) is 1. The van der Waals surface area contributed by atoms with E-state index in [1.807, 2.05) is 24.9 Å². The average molecular weight is 281 g/mol. The molecule has 20 heavy (non-hydrogen) atoms. The number of aliphatic carboxylic acids is 1. The average Bonchev–Trinajstić information content (AvgIpc) is 2.89. The van der Waals surface area contributed by atoms with Gasteiger partial charge in [0.2, 0.25) is 0 Å². The van der Waals surface area contributed by atoms with Crippen molar-refractivity contribution in [2.24, 2.45) is 5.92 Å². The van der Waals surface area contributed by atoms with Crippen molar-refractivity contribution >= 4 is 5.97 Å². The van der Waals surface area contributed by atoms with Crippen molar-refractivity contribution in [3.63, 3.8) is 0 Å². The van der Waals surface area contributed by atoms with Gasteiger partial charge in [-0.1, -0.05) is 19.1 Å². The first-order chi connectivity index (χ1) is 9.54. The molecule has 0 spiro atoms. The van der Waals surface area contributed by atoms with Gasteiger partial charge < -0.3 is 9.84 Å². The molecule has 5 heteroatoms. The van der Waals surface area contributed by atoms with Crippen LogP contribution in [0.5, 0.6) is 0 Å². The third kappa shape index (κ3) is 2.99. The quantitative estimate of drug-likeness (QED) is 0.900. The van der Waals surface area contributed by atoms with Crippen LogP contribution in [-0.4, -0.2) is 42.3 Å². The van der Waals surface area contributed by atoms with Gasteiger partial charge in [0, 0.05) is 12.1 Å². The zero-order valence-corrected chi connectivity index (χ0v) is 11.8. The van der Waals surface area contributed by atoms with E-state index in [1.54, 1.807) is 6.07 Å². The summed E-state index contributed by atoms with van der Waals surface area (Å²) < 4.78 is 18.7. The molecule has 3 atom stereocenters. The number of hydrogen-bond acceptors (Lipinski definition) is 3. The van der Waals surface area contributed by atoms with E-state index < -0.39 is 11.9 Å². The minimum atomic E-state index is -0.839. The number of carboxylic acids is 1. The lowest BCUT2D eigenvalue weighted by Gasteiger charge is -2.34. The summed E-state index contributed by atoms with van der Waals surface area (Å²) in [5.74, 6) is -1.64. The molecule has 1 aromatic carbocycles. The number of rotatable bonds is 5. The lowest BCUT2D eigenvalue weighted by atomic mass is 9.96.